The van der Waals surface area contributed by atoms with Crippen LogP contribution >= 0.6 is 23.1 Å². The second kappa shape index (κ2) is 10.3. The molecule has 3 amide bonds. The van der Waals surface area contributed by atoms with Gasteiger partial charge in [0.1, 0.15) is 4.75 Å². The maximum Gasteiger partial charge on any atom is 0.317 e. The van der Waals surface area contributed by atoms with Crippen molar-refractivity contribution in [2.75, 3.05) is 25.1 Å². The molecule has 3 N–H and O–H groups in total. The van der Waals surface area contributed by atoms with Crippen molar-refractivity contribution < 1.29 is 23.2 Å². The normalized spacial score (nSPS) is 20.4. The van der Waals surface area contributed by atoms with Crippen LogP contribution in [-0.4, -0.2) is 61.1 Å². The summed E-state index contributed by atoms with van der Waals surface area (Å²) < 4.78 is 25.7. The zero-order valence-corrected chi connectivity index (χ0v) is 22.2. The standard InChI is InChI=1S/C23H31N3O5S3/c1-22(2,3)24-21(28)26-12-11-23(15-20(27)25-29,34(30,31)14-13-26)19-10-9-18(33-19)16-5-7-17(32-4)8-6-16/h5-10,29H,11-15H2,1-4H3,(H,24,28)(H,25,27). The number of thioether (sulfide) groups is 1. The van der Waals surface area contributed by atoms with Gasteiger partial charge in [0.05, 0.1) is 12.2 Å². The van der Waals surface area contributed by atoms with Crippen LogP contribution in [-0.2, 0) is 19.4 Å². The van der Waals surface area contributed by atoms with Gasteiger partial charge in [-0.25, -0.2) is 18.7 Å². The van der Waals surface area contributed by atoms with Crippen LogP contribution in [0, 0.1) is 0 Å². The molecule has 1 aromatic heterocycles. The molecule has 1 unspecified atom stereocenters. The van der Waals surface area contributed by atoms with Gasteiger partial charge in [0, 0.05) is 33.3 Å². The van der Waals surface area contributed by atoms with Gasteiger partial charge >= 0.3 is 6.03 Å². The van der Waals surface area contributed by atoms with E-state index in [-0.39, 0.29) is 31.3 Å². The first-order valence-corrected chi connectivity index (χ1v) is 14.6. The summed E-state index contributed by atoms with van der Waals surface area (Å²) in [6.45, 7) is 5.76. The van der Waals surface area contributed by atoms with Crippen LogP contribution in [0.15, 0.2) is 41.3 Å². The van der Waals surface area contributed by atoms with Gasteiger partial charge in [-0.3, -0.25) is 10.0 Å². The molecule has 1 aliphatic heterocycles. The van der Waals surface area contributed by atoms with Gasteiger partial charge in [0.2, 0.25) is 5.91 Å². The van der Waals surface area contributed by atoms with E-state index >= 15 is 0 Å². The first-order chi connectivity index (χ1) is 15.9. The molecule has 1 atom stereocenters. The van der Waals surface area contributed by atoms with Crippen LogP contribution in [0.5, 0.6) is 0 Å². The third kappa shape index (κ3) is 5.76. The topological polar surface area (TPSA) is 116 Å². The minimum Gasteiger partial charge on any atom is -0.333 e. The highest BCUT2D eigenvalue weighted by Crippen LogP contribution is 2.45. The summed E-state index contributed by atoms with van der Waals surface area (Å²) in [5, 5.41) is 12.1. The Morgan fingerprint density at radius 3 is 2.41 bits per heavy atom. The molecule has 2 aromatic rings. The van der Waals surface area contributed by atoms with E-state index in [1.54, 1.807) is 23.3 Å². The van der Waals surface area contributed by atoms with Crippen molar-refractivity contribution in [2.24, 2.45) is 0 Å². The van der Waals surface area contributed by atoms with Gasteiger partial charge in [-0.05, 0) is 63.3 Å². The Labute approximate surface area is 209 Å². The van der Waals surface area contributed by atoms with Crippen molar-refractivity contribution in [3.05, 3.63) is 41.3 Å². The van der Waals surface area contributed by atoms with Crippen molar-refractivity contribution in [3.8, 4) is 10.4 Å². The number of hydrogen-bond donors (Lipinski definition) is 3. The van der Waals surface area contributed by atoms with Gasteiger partial charge < -0.3 is 10.2 Å². The zero-order valence-electron chi connectivity index (χ0n) is 19.8. The number of rotatable bonds is 5. The number of urea groups is 1. The van der Waals surface area contributed by atoms with Crippen LogP contribution in [0.25, 0.3) is 10.4 Å². The largest absolute Gasteiger partial charge is 0.333 e. The first kappa shape index (κ1) is 26.5. The quantitative estimate of drug-likeness (QED) is 0.310. The molecule has 0 spiro atoms. The van der Waals surface area contributed by atoms with E-state index in [2.05, 4.69) is 5.32 Å². The molecule has 186 valence electrons. The molecule has 3 rings (SSSR count). The summed E-state index contributed by atoms with van der Waals surface area (Å²) in [5.74, 6) is -1.06. The number of amides is 3. The fourth-order valence-electron chi connectivity index (χ4n) is 3.97. The lowest BCUT2D eigenvalue weighted by atomic mass is 9.97. The van der Waals surface area contributed by atoms with Gasteiger partial charge in [0.25, 0.3) is 0 Å². The molecule has 1 aliphatic rings. The lowest BCUT2D eigenvalue weighted by molar-refractivity contribution is -0.129. The van der Waals surface area contributed by atoms with E-state index < -0.39 is 32.5 Å². The van der Waals surface area contributed by atoms with Crippen LogP contribution in [0.2, 0.25) is 0 Å². The number of carbonyl (C=O) groups is 2. The number of thiophene rings is 1. The van der Waals surface area contributed by atoms with E-state index in [9.17, 15) is 23.2 Å². The van der Waals surface area contributed by atoms with E-state index in [0.717, 1.165) is 15.3 Å². The van der Waals surface area contributed by atoms with Crippen molar-refractivity contribution >= 4 is 44.9 Å². The number of benzene rings is 1. The summed E-state index contributed by atoms with van der Waals surface area (Å²) in [4.78, 5) is 29.1. The summed E-state index contributed by atoms with van der Waals surface area (Å²) in [5.41, 5.74) is 2.07. The smallest absolute Gasteiger partial charge is 0.317 e. The molecule has 0 radical (unpaired) electrons. The van der Waals surface area contributed by atoms with E-state index in [1.165, 1.54) is 16.2 Å². The first-order valence-electron chi connectivity index (χ1n) is 10.9. The average Bonchev–Trinajstić information content (AvgIpc) is 3.22. The lowest BCUT2D eigenvalue weighted by Crippen LogP contribution is -2.49. The van der Waals surface area contributed by atoms with Crippen LogP contribution in [0.3, 0.4) is 0 Å². The summed E-state index contributed by atoms with van der Waals surface area (Å²) in [6.07, 6.45) is 1.62. The molecular weight excluding hydrogens is 494 g/mol. The number of sulfone groups is 1. The highest BCUT2D eigenvalue weighted by molar-refractivity contribution is 7.98. The zero-order chi connectivity index (χ0) is 25.1. The predicted molar refractivity (Wildman–Crippen MR) is 136 cm³/mol. The van der Waals surface area contributed by atoms with Crippen molar-refractivity contribution in [3.63, 3.8) is 0 Å². The van der Waals surface area contributed by atoms with Crippen LogP contribution < -0.4 is 10.8 Å². The Hall–Kier alpha value is -2.08. The SMILES string of the molecule is CSc1ccc(-c2ccc(C3(CC(=O)NO)CCN(C(=O)NC(C)(C)C)CCS3(=O)=O)s2)cc1. The molecule has 8 nitrogen and oxygen atoms in total. The highest BCUT2D eigenvalue weighted by Gasteiger charge is 2.50. The monoisotopic (exact) mass is 525 g/mol. The second-order valence-corrected chi connectivity index (χ2v) is 13.7. The maximum absolute atomic E-state index is 13.6. The minimum atomic E-state index is -3.86. The fraction of sp³-hybridized carbons (Fsp3) is 0.478. The number of nitrogens with zero attached hydrogens (tertiary/aromatic N) is 1. The van der Waals surface area contributed by atoms with Crippen molar-refractivity contribution in [1.29, 1.82) is 0 Å². The highest BCUT2D eigenvalue weighted by atomic mass is 32.2. The van der Waals surface area contributed by atoms with E-state index in [0.29, 0.717) is 4.88 Å². The molecule has 2 heterocycles. The Morgan fingerprint density at radius 2 is 1.82 bits per heavy atom. The van der Waals surface area contributed by atoms with Crippen molar-refractivity contribution in [2.45, 2.75) is 48.8 Å². The summed E-state index contributed by atoms with van der Waals surface area (Å²) >= 11 is 2.96. The van der Waals surface area contributed by atoms with Crippen LogP contribution in [0.4, 0.5) is 4.79 Å². The maximum atomic E-state index is 13.6. The second-order valence-electron chi connectivity index (χ2n) is 9.33. The minimum absolute atomic E-state index is 0.0289. The number of hydrogen-bond acceptors (Lipinski definition) is 7. The third-order valence-corrected chi connectivity index (χ3v) is 10.5. The van der Waals surface area contributed by atoms with Gasteiger partial charge in [-0.1, -0.05) is 12.1 Å². The molecule has 11 heteroatoms. The molecule has 1 fully saturated rings. The molecule has 1 aromatic carbocycles. The van der Waals surface area contributed by atoms with Crippen molar-refractivity contribution in [1.82, 2.24) is 15.7 Å². The van der Waals surface area contributed by atoms with Gasteiger partial charge in [0.15, 0.2) is 9.84 Å². The van der Waals surface area contributed by atoms with E-state index in [4.69, 9.17) is 0 Å². The number of hydroxylamine groups is 1. The van der Waals surface area contributed by atoms with Gasteiger partial charge in [-0.15, -0.1) is 23.1 Å². The van der Waals surface area contributed by atoms with E-state index in [1.807, 2.05) is 57.4 Å². The predicted octanol–water partition coefficient (Wildman–Crippen LogP) is 3.86. The third-order valence-electron chi connectivity index (χ3n) is 5.78. The molecule has 34 heavy (non-hydrogen) atoms. The average molecular weight is 526 g/mol. The number of nitrogens with one attached hydrogen (secondary N) is 2. The Kier molecular flexibility index (Phi) is 8.01. The Bertz CT molecular complexity index is 1140. The molecule has 0 saturated carbocycles. The van der Waals surface area contributed by atoms with Gasteiger partial charge in [-0.2, -0.15) is 0 Å². The fourth-order valence-corrected chi connectivity index (χ4v) is 7.98. The van der Waals surface area contributed by atoms with Crippen LogP contribution in [0.1, 0.15) is 38.5 Å². The molecular formula is C23H31N3O5S3. The molecule has 0 bridgehead atoms. The Morgan fingerprint density at radius 1 is 1.15 bits per heavy atom. The summed E-state index contributed by atoms with van der Waals surface area (Å²) in [6, 6.07) is 11.2. The molecule has 1 saturated heterocycles. The lowest BCUT2D eigenvalue weighted by Gasteiger charge is -2.31. The number of carbonyl (C=O) groups excluding carboxylic acids is 2. The summed E-state index contributed by atoms with van der Waals surface area (Å²) in [7, 11) is -3.86. The molecule has 0 aliphatic carbocycles. The Balaban J connectivity index is 2.00.